The normalized spacial score (nSPS) is 36.5. The third kappa shape index (κ3) is 6.38. The molecule has 3 rings (SSSR count). The summed E-state index contributed by atoms with van der Waals surface area (Å²) >= 11 is 0. The van der Waals surface area contributed by atoms with Crippen LogP contribution in [0.2, 0.25) is 0 Å². The largest absolute Gasteiger partial charge is 0.381 e. The Balaban J connectivity index is 1.42. The van der Waals surface area contributed by atoms with Gasteiger partial charge in [-0.1, -0.05) is 0 Å². The summed E-state index contributed by atoms with van der Waals surface area (Å²) in [7, 11) is 1.82. The second kappa shape index (κ2) is 10.9. The Labute approximate surface area is 158 Å². The van der Waals surface area contributed by atoms with Crippen molar-refractivity contribution in [2.75, 3.05) is 39.9 Å². The molecule has 3 fully saturated rings. The quantitative estimate of drug-likeness (QED) is 0.385. The average Bonchev–Trinajstić information content (AvgIpc) is 3.16. The Kier molecular flexibility index (Phi) is 8.54. The van der Waals surface area contributed by atoms with Crippen LogP contribution in [-0.4, -0.2) is 75.9 Å². The van der Waals surface area contributed by atoms with Crippen LogP contribution in [0.25, 0.3) is 0 Å². The number of rotatable bonds is 9. The molecule has 2 aliphatic heterocycles. The molecule has 26 heavy (non-hydrogen) atoms. The van der Waals surface area contributed by atoms with Crippen molar-refractivity contribution in [3.63, 3.8) is 0 Å². The second-order valence-electron chi connectivity index (χ2n) is 7.58. The smallest absolute Gasteiger partial charge is 0.167 e. The minimum absolute atomic E-state index is 0.0289. The summed E-state index contributed by atoms with van der Waals surface area (Å²) in [5.74, 6) is 0. The number of hydrogen-bond acceptors (Lipinski definition) is 8. The third-order valence-corrected chi connectivity index (χ3v) is 5.69. The van der Waals surface area contributed by atoms with Crippen molar-refractivity contribution in [2.24, 2.45) is 0 Å². The van der Waals surface area contributed by atoms with Crippen molar-refractivity contribution < 1.29 is 9.47 Å². The fraction of sp³-hybridized carbons (Fsp3) is 1.00. The van der Waals surface area contributed by atoms with Gasteiger partial charge in [-0.2, -0.15) is 0 Å². The molecule has 2 saturated heterocycles. The number of likely N-dealkylation sites (tertiary alicyclic amines) is 1. The van der Waals surface area contributed by atoms with Crippen LogP contribution in [0.1, 0.15) is 45.4 Å². The van der Waals surface area contributed by atoms with E-state index in [1.807, 2.05) is 14.0 Å². The van der Waals surface area contributed by atoms with Crippen LogP contribution in [0.15, 0.2) is 0 Å². The highest BCUT2D eigenvalue weighted by Gasteiger charge is 2.29. The van der Waals surface area contributed by atoms with Crippen molar-refractivity contribution in [1.29, 1.82) is 0 Å². The maximum absolute atomic E-state index is 5.77. The summed E-state index contributed by atoms with van der Waals surface area (Å²) in [4.78, 5) is 2.53. The molecule has 8 nitrogen and oxygen atoms in total. The molecule has 0 aromatic rings. The van der Waals surface area contributed by atoms with Gasteiger partial charge in [-0.3, -0.25) is 26.6 Å². The van der Waals surface area contributed by atoms with Crippen LogP contribution < -0.4 is 26.6 Å². The van der Waals surface area contributed by atoms with Crippen LogP contribution in [0.3, 0.4) is 0 Å². The average molecular weight is 371 g/mol. The van der Waals surface area contributed by atoms with Crippen LogP contribution in [0.4, 0.5) is 0 Å². The number of hydrogen-bond donors (Lipinski definition) is 5. The van der Waals surface area contributed by atoms with Gasteiger partial charge in [-0.25, -0.2) is 0 Å². The second-order valence-corrected chi connectivity index (χ2v) is 7.58. The third-order valence-electron chi connectivity index (χ3n) is 5.69. The maximum atomic E-state index is 5.77. The zero-order valence-corrected chi connectivity index (χ0v) is 16.4. The first-order valence-electron chi connectivity index (χ1n) is 10.4. The van der Waals surface area contributed by atoms with Crippen molar-refractivity contribution >= 4 is 0 Å². The van der Waals surface area contributed by atoms with Gasteiger partial charge in [0.1, 0.15) is 12.6 Å². The van der Waals surface area contributed by atoms with E-state index in [1.165, 1.54) is 25.9 Å². The van der Waals surface area contributed by atoms with Gasteiger partial charge in [0.05, 0.1) is 6.10 Å². The summed E-state index contributed by atoms with van der Waals surface area (Å²) < 4.78 is 11.3. The lowest BCUT2D eigenvalue weighted by Gasteiger charge is -2.41. The molecule has 3 atom stereocenters. The molecule has 152 valence electrons. The van der Waals surface area contributed by atoms with Gasteiger partial charge in [-0.15, -0.1) is 0 Å². The van der Waals surface area contributed by atoms with E-state index < -0.39 is 0 Å². The lowest BCUT2D eigenvalue weighted by Crippen LogP contribution is -2.76. The number of nitrogens with one attached hydrogen (secondary N) is 5. The van der Waals surface area contributed by atoms with E-state index in [4.69, 9.17) is 9.47 Å². The van der Waals surface area contributed by atoms with Crippen molar-refractivity contribution in [2.45, 2.75) is 76.5 Å². The molecule has 0 aromatic carbocycles. The Morgan fingerprint density at radius 1 is 1.00 bits per heavy atom. The highest BCUT2D eigenvalue weighted by molar-refractivity contribution is 4.83. The fourth-order valence-electron chi connectivity index (χ4n) is 4.16. The first-order chi connectivity index (χ1) is 12.8. The Bertz CT molecular complexity index is 388. The minimum Gasteiger partial charge on any atom is -0.381 e. The highest BCUT2D eigenvalue weighted by atomic mass is 16.5. The lowest BCUT2D eigenvalue weighted by atomic mass is 9.93. The van der Waals surface area contributed by atoms with Gasteiger partial charge >= 0.3 is 0 Å². The Morgan fingerprint density at radius 2 is 1.73 bits per heavy atom. The van der Waals surface area contributed by atoms with Gasteiger partial charge in [0.15, 0.2) is 6.35 Å². The number of methoxy groups -OCH3 is 1. The zero-order chi connectivity index (χ0) is 18.2. The molecule has 5 N–H and O–H groups in total. The number of ether oxygens (including phenoxy) is 2. The Hall–Kier alpha value is -0.320. The molecule has 3 unspecified atom stereocenters. The molecule has 0 bridgehead atoms. The Morgan fingerprint density at radius 3 is 2.42 bits per heavy atom. The SMILES string of the molecule is CCOC1NC(NCCN2CCCC2)NC(NC2CCC(OC)CC2)N1. The van der Waals surface area contributed by atoms with E-state index in [2.05, 4.69) is 31.5 Å². The van der Waals surface area contributed by atoms with E-state index in [9.17, 15) is 0 Å². The predicted octanol–water partition coefficient (Wildman–Crippen LogP) is -0.111. The van der Waals surface area contributed by atoms with Gasteiger partial charge in [0.2, 0.25) is 0 Å². The zero-order valence-electron chi connectivity index (χ0n) is 16.4. The summed E-state index contributed by atoms with van der Waals surface area (Å²) in [5.41, 5.74) is 0. The van der Waals surface area contributed by atoms with Crippen molar-refractivity contribution in [3.05, 3.63) is 0 Å². The monoisotopic (exact) mass is 370 g/mol. The van der Waals surface area contributed by atoms with Crippen molar-refractivity contribution in [1.82, 2.24) is 31.5 Å². The van der Waals surface area contributed by atoms with Crippen LogP contribution in [-0.2, 0) is 9.47 Å². The highest BCUT2D eigenvalue weighted by Crippen LogP contribution is 2.20. The molecule has 3 aliphatic rings. The summed E-state index contributed by atoms with van der Waals surface area (Å²) in [6.07, 6.45) is 7.58. The van der Waals surface area contributed by atoms with Gasteiger partial charge in [0, 0.05) is 32.8 Å². The molecule has 8 heteroatoms. The molecular formula is C18H38N6O2. The van der Waals surface area contributed by atoms with Crippen LogP contribution in [0, 0.1) is 0 Å². The lowest BCUT2D eigenvalue weighted by molar-refractivity contribution is -0.0467. The molecule has 1 aliphatic carbocycles. The van der Waals surface area contributed by atoms with E-state index in [1.54, 1.807) is 0 Å². The van der Waals surface area contributed by atoms with E-state index in [-0.39, 0.29) is 18.9 Å². The summed E-state index contributed by atoms with van der Waals surface area (Å²) in [5, 5.41) is 17.7. The van der Waals surface area contributed by atoms with Crippen LogP contribution in [0.5, 0.6) is 0 Å². The molecule has 0 aromatic heterocycles. The van der Waals surface area contributed by atoms with E-state index in [0.717, 1.165) is 38.8 Å². The minimum atomic E-state index is -0.154. The van der Waals surface area contributed by atoms with E-state index >= 15 is 0 Å². The van der Waals surface area contributed by atoms with Gasteiger partial charge in [-0.05, 0) is 58.5 Å². The molecule has 0 spiro atoms. The molecule has 1 saturated carbocycles. The first kappa shape index (κ1) is 20.4. The molecule has 2 heterocycles. The van der Waals surface area contributed by atoms with Crippen LogP contribution >= 0.6 is 0 Å². The standard InChI is InChI=1S/C18H38N6O2/c1-3-26-18-22-16(19-10-13-24-11-4-5-12-24)21-17(23-18)20-14-6-8-15(25-2)9-7-14/h14-23H,3-13H2,1-2H3. The molecular weight excluding hydrogens is 332 g/mol. The summed E-state index contributed by atoms with van der Waals surface area (Å²) in [6, 6.07) is 0.511. The molecule has 0 amide bonds. The first-order valence-corrected chi connectivity index (χ1v) is 10.4. The number of nitrogens with zero attached hydrogens (tertiary/aromatic N) is 1. The molecule has 0 radical (unpaired) electrons. The van der Waals surface area contributed by atoms with Crippen molar-refractivity contribution in [3.8, 4) is 0 Å². The maximum Gasteiger partial charge on any atom is 0.167 e. The summed E-state index contributed by atoms with van der Waals surface area (Å²) in [6.45, 7) is 7.25. The van der Waals surface area contributed by atoms with Gasteiger partial charge in [0.25, 0.3) is 0 Å². The fourth-order valence-corrected chi connectivity index (χ4v) is 4.16. The van der Waals surface area contributed by atoms with E-state index in [0.29, 0.717) is 18.8 Å². The topological polar surface area (TPSA) is 81.9 Å². The van der Waals surface area contributed by atoms with Gasteiger partial charge < -0.3 is 14.4 Å². The predicted molar refractivity (Wildman–Crippen MR) is 102 cm³/mol.